The van der Waals surface area contributed by atoms with E-state index in [2.05, 4.69) is 43.4 Å². The second kappa shape index (κ2) is 10.1. The van der Waals surface area contributed by atoms with E-state index in [1.165, 1.54) is 24.0 Å². The molecule has 0 spiro atoms. The SMILES string of the molecule is COC(=O)c1c(NC(=O)CCc2ccc(C(C)C)cc2)sc(C)c1-c1cccc(Cl)c1. The van der Waals surface area contributed by atoms with Gasteiger partial charge in [-0.2, -0.15) is 0 Å². The lowest BCUT2D eigenvalue weighted by molar-refractivity contribution is -0.116. The van der Waals surface area contributed by atoms with Crippen LogP contribution in [-0.4, -0.2) is 19.0 Å². The number of rotatable bonds is 7. The zero-order valence-electron chi connectivity index (χ0n) is 18.1. The Kier molecular flexibility index (Phi) is 7.52. The van der Waals surface area contributed by atoms with Crippen molar-refractivity contribution < 1.29 is 14.3 Å². The van der Waals surface area contributed by atoms with Crippen LogP contribution in [0.15, 0.2) is 48.5 Å². The molecule has 31 heavy (non-hydrogen) atoms. The van der Waals surface area contributed by atoms with Gasteiger partial charge in [0.25, 0.3) is 0 Å². The van der Waals surface area contributed by atoms with E-state index in [-0.39, 0.29) is 5.91 Å². The first-order valence-electron chi connectivity index (χ1n) is 10.2. The number of benzene rings is 2. The fraction of sp³-hybridized carbons (Fsp3) is 0.280. The molecule has 0 saturated heterocycles. The van der Waals surface area contributed by atoms with Crippen molar-refractivity contribution in [2.75, 3.05) is 12.4 Å². The molecule has 2 aromatic carbocycles. The number of carbonyl (C=O) groups excluding carboxylic acids is 2. The Morgan fingerprint density at radius 2 is 1.84 bits per heavy atom. The smallest absolute Gasteiger partial charge is 0.341 e. The second-order valence-corrected chi connectivity index (χ2v) is 9.34. The average molecular weight is 456 g/mol. The van der Waals surface area contributed by atoms with E-state index in [1.54, 1.807) is 12.1 Å². The third-order valence-corrected chi connectivity index (χ3v) is 6.38. The van der Waals surface area contributed by atoms with Crippen molar-refractivity contribution in [3.8, 4) is 11.1 Å². The number of hydrogen-bond acceptors (Lipinski definition) is 4. The largest absolute Gasteiger partial charge is 0.465 e. The Labute approximate surface area is 192 Å². The number of thiophene rings is 1. The first-order chi connectivity index (χ1) is 14.8. The van der Waals surface area contributed by atoms with Gasteiger partial charge in [0, 0.05) is 21.9 Å². The van der Waals surface area contributed by atoms with Crippen LogP contribution in [0.2, 0.25) is 5.02 Å². The van der Waals surface area contributed by atoms with Crippen molar-refractivity contribution >= 4 is 39.8 Å². The number of amides is 1. The van der Waals surface area contributed by atoms with E-state index in [0.29, 0.717) is 34.3 Å². The summed E-state index contributed by atoms with van der Waals surface area (Å²) in [6.45, 7) is 6.23. The number of ether oxygens (including phenoxy) is 1. The van der Waals surface area contributed by atoms with E-state index in [9.17, 15) is 9.59 Å². The topological polar surface area (TPSA) is 55.4 Å². The molecule has 0 bridgehead atoms. The highest BCUT2D eigenvalue weighted by atomic mass is 35.5. The van der Waals surface area contributed by atoms with Crippen LogP contribution in [0, 0.1) is 6.92 Å². The van der Waals surface area contributed by atoms with Gasteiger partial charge >= 0.3 is 5.97 Å². The first-order valence-corrected chi connectivity index (χ1v) is 11.4. The zero-order chi connectivity index (χ0) is 22.5. The minimum absolute atomic E-state index is 0.142. The summed E-state index contributed by atoms with van der Waals surface area (Å²) in [7, 11) is 1.34. The maximum absolute atomic E-state index is 12.7. The van der Waals surface area contributed by atoms with Crippen molar-refractivity contribution in [1.82, 2.24) is 0 Å². The summed E-state index contributed by atoms with van der Waals surface area (Å²) in [4.78, 5) is 26.1. The third-order valence-electron chi connectivity index (χ3n) is 5.13. The van der Waals surface area contributed by atoms with Gasteiger partial charge in [0.05, 0.1) is 7.11 Å². The van der Waals surface area contributed by atoms with E-state index in [4.69, 9.17) is 16.3 Å². The van der Waals surface area contributed by atoms with Gasteiger partial charge in [-0.25, -0.2) is 4.79 Å². The van der Waals surface area contributed by atoms with Crippen LogP contribution < -0.4 is 5.32 Å². The summed E-state index contributed by atoms with van der Waals surface area (Å²) >= 11 is 7.51. The number of carbonyl (C=O) groups is 2. The van der Waals surface area contributed by atoms with Gasteiger partial charge in [0.15, 0.2) is 0 Å². The Morgan fingerprint density at radius 3 is 2.45 bits per heavy atom. The van der Waals surface area contributed by atoms with Crippen molar-refractivity contribution in [3.05, 3.63) is 75.1 Å². The fourth-order valence-corrected chi connectivity index (χ4v) is 4.71. The van der Waals surface area contributed by atoms with Crippen LogP contribution >= 0.6 is 22.9 Å². The summed E-state index contributed by atoms with van der Waals surface area (Å²) in [5.74, 6) is -0.152. The van der Waals surface area contributed by atoms with Gasteiger partial charge in [0.1, 0.15) is 10.6 Å². The minimum atomic E-state index is -0.487. The summed E-state index contributed by atoms with van der Waals surface area (Å²) in [5, 5.41) is 3.99. The zero-order valence-corrected chi connectivity index (χ0v) is 19.7. The maximum Gasteiger partial charge on any atom is 0.341 e. The molecule has 0 aliphatic heterocycles. The van der Waals surface area contributed by atoms with E-state index in [1.807, 2.05) is 19.1 Å². The molecule has 0 atom stereocenters. The highest BCUT2D eigenvalue weighted by molar-refractivity contribution is 7.17. The normalized spacial score (nSPS) is 10.9. The lowest BCUT2D eigenvalue weighted by Crippen LogP contribution is -2.14. The second-order valence-electron chi connectivity index (χ2n) is 7.68. The fourth-order valence-electron chi connectivity index (χ4n) is 3.44. The van der Waals surface area contributed by atoms with Crippen LogP contribution in [0.25, 0.3) is 11.1 Å². The molecule has 3 aromatic rings. The molecule has 1 heterocycles. The number of hydrogen-bond donors (Lipinski definition) is 1. The molecule has 0 radical (unpaired) electrons. The van der Waals surface area contributed by atoms with E-state index < -0.39 is 5.97 Å². The van der Waals surface area contributed by atoms with E-state index >= 15 is 0 Å². The lowest BCUT2D eigenvalue weighted by Gasteiger charge is -2.09. The molecular formula is C25H26ClNO3S. The Bertz CT molecular complexity index is 1090. The maximum atomic E-state index is 12.7. The van der Waals surface area contributed by atoms with Gasteiger partial charge in [-0.1, -0.05) is 61.8 Å². The molecule has 1 amide bonds. The number of methoxy groups -OCH3 is 1. The van der Waals surface area contributed by atoms with Crippen molar-refractivity contribution in [2.24, 2.45) is 0 Å². The van der Waals surface area contributed by atoms with Crippen LogP contribution in [0.1, 0.15) is 52.5 Å². The van der Waals surface area contributed by atoms with Gasteiger partial charge in [-0.15, -0.1) is 11.3 Å². The van der Waals surface area contributed by atoms with Gasteiger partial charge in [0.2, 0.25) is 5.91 Å². The van der Waals surface area contributed by atoms with E-state index in [0.717, 1.165) is 21.6 Å². The number of nitrogens with one attached hydrogen (secondary N) is 1. The van der Waals surface area contributed by atoms with Crippen molar-refractivity contribution in [1.29, 1.82) is 0 Å². The molecule has 162 valence electrons. The molecule has 0 fully saturated rings. The monoisotopic (exact) mass is 455 g/mol. The Balaban J connectivity index is 1.79. The first kappa shape index (κ1) is 23.0. The standard InChI is InChI=1S/C25H26ClNO3S/c1-15(2)18-11-8-17(9-12-18)10-13-21(28)27-24-23(25(29)30-4)22(16(3)31-24)19-6-5-7-20(26)14-19/h5-9,11-12,14-15H,10,13H2,1-4H3,(H,27,28). The molecule has 1 N–H and O–H groups in total. The molecular weight excluding hydrogens is 430 g/mol. The number of aryl methyl sites for hydroxylation is 2. The Hall–Kier alpha value is -2.63. The minimum Gasteiger partial charge on any atom is -0.465 e. The van der Waals surface area contributed by atoms with Crippen LogP contribution in [-0.2, 0) is 16.0 Å². The average Bonchev–Trinajstić information content (AvgIpc) is 3.07. The molecule has 3 rings (SSSR count). The van der Waals surface area contributed by atoms with Gasteiger partial charge < -0.3 is 10.1 Å². The van der Waals surface area contributed by atoms with Crippen LogP contribution in [0.3, 0.4) is 0 Å². The Morgan fingerprint density at radius 1 is 1.13 bits per heavy atom. The number of anilines is 1. The summed E-state index contributed by atoms with van der Waals surface area (Å²) in [6.07, 6.45) is 0.953. The quantitative estimate of drug-likeness (QED) is 0.396. The molecule has 0 aliphatic carbocycles. The lowest BCUT2D eigenvalue weighted by atomic mass is 10.00. The summed E-state index contributed by atoms with van der Waals surface area (Å²) in [5.41, 5.74) is 4.29. The predicted octanol–water partition coefficient (Wildman–Crippen LogP) is 6.86. The molecule has 0 unspecified atom stereocenters. The summed E-state index contributed by atoms with van der Waals surface area (Å²) in [6, 6.07) is 15.6. The highest BCUT2D eigenvalue weighted by Crippen LogP contribution is 2.41. The number of esters is 1. The van der Waals surface area contributed by atoms with Gasteiger partial charge in [-0.3, -0.25) is 4.79 Å². The predicted molar refractivity (Wildman–Crippen MR) is 128 cm³/mol. The van der Waals surface area contributed by atoms with Crippen molar-refractivity contribution in [3.63, 3.8) is 0 Å². The van der Waals surface area contributed by atoms with Crippen molar-refractivity contribution in [2.45, 2.75) is 39.5 Å². The molecule has 1 aromatic heterocycles. The van der Waals surface area contributed by atoms with Crippen LogP contribution in [0.5, 0.6) is 0 Å². The molecule has 4 nitrogen and oxygen atoms in total. The van der Waals surface area contributed by atoms with Gasteiger partial charge in [-0.05, 0) is 48.1 Å². The number of halogens is 1. The summed E-state index contributed by atoms with van der Waals surface area (Å²) < 4.78 is 5.01. The molecule has 0 aliphatic rings. The molecule has 6 heteroatoms. The third kappa shape index (κ3) is 5.54. The molecule has 0 saturated carbocycles. The van der Waals surface area contributed by atoms with Crippen LogP contribution in [0.4, 0.5) is 5.00 Å². The highest BCUT2D eigenvalue weighted by Gasteiger charge is 2.25.